The first kappa shape index (κ1) is 14.8. The molecule has 6 nitrogen and oxygen atoms in total. The van der Waals surface area contributed by atoms with Gasteiger partial charge < -0.3 is 10.6 Å². The quantitative estimate of drug-likeness (QED) is 0.874. The van der Waals surface area contributed by atoms with Gasteiger partial charge in [-0.25, -0.2) is 0 Å². The molecule has 1 amide bonds. The summed E-state index contributed by atoms with van der Waals surface area (Å²) >= 11 is 0. The molecule has 6 heteroatoms. The van der Waals surface area contributed by atoms with Crippen LogP contribution in [-0.4, -0.2) is 57.7 Å². The van der Waals surface area contributed by atoms with Gasteiger partial charge in [0.15, 0.2) is 5.69 Å². The van der Waals surface area contributed by atoms with E-state index in [4.69, 9.17) is 5.73 Å². The van der Waals surface area contributed by atoms with Gasteiger partial charge in [0, 0.05) is 31.9 Å². The number of carbonyl (C=O) groups excluding carboxylic acids is 1. The van der Waals surface area contributed by atoms with Crippen LogP contribution in [0.5, 0.6) is 0 Å². The molecule has 1 aromatic rings. The Hall–Kier alpha value is -1.56. The van der Waals surface area contributed by atoms with Crippen LogP contribution in [0.4, 0.5) is 5.69 Å². The Morgan fingerprint density at radius 2 is 2.15 bits per heavy atom. The van der Waals surface area contributed by atoms with Crippen molar-refractivity contribution >= 4 is 11.6 Å². The Labute approximate surface area is 120 Å². The molecular weight excluding hydrogens is 254 g/mol. The SMILES string of the molecule is CCN(CC)C1CCN(C(=O)c2nn(CC)cc2N)C1. The number of aromatic nitrogens is 2. The van der Waals surface area contributed by atoms with Crippen molar-refractivity contribution in [3.63, 3.8) is 0 Å². The maximum Gasteiger partial charge on any atom is 0.276 e. The summed E-state index contributed by atoms with van der Waals surface area (Å²) in [6.07, 6.45) is 2.76. The number of aryl methyl sites for hydroxylation is 1. The Balaban J connectivity index is 2.05. The van der Waals surface area contributed by atoms with Crippen LogP contribution in [0, 0.1) is 0 Å². The second-order valence-corrected chi connectivity index (χ2v) is 5.20. The van der Waals surface area contributed by atoms with E-state index in [-0.39, 0.29) is 5.91 Å². The van der Waals surface area contributed by atoms with Crippen molar-refractivity contribution in [2.75, 3.05) is 31.9 Å². The highest BCUT2D eigenvalue weighted by Gasteiger charge is 2.31. The molecular formula is C14H25N5O. The topological polar surface area (TPSA) is 67.4 Å². The lowest BCUT2D eigenvalue weighted by Crippen LogP contribution is -2.38. The molecule has 2 N–H and O–H groups in total. The minimum Gasteiger partial charge on any atom is -0.396 e. The molecule has 112 valence electrons. The number of hydrogen-bond acceptors (Lipinski definition) is 4. The maximum atomic E-state index is 12.5. The lowest BCUT2D eigenvalue weighted by molar-refractivity contribution is 0.0772. The number of nitrogen functional groups attached to an aromatic ring is 1. The summed E-state index contributed by atoms with van der Waals surface area (Å²) in [7, 11) is 0. The Bertz CT molecular complexity index is 466. The van der Waals surface area contributed by atoms with Gasteiger partial charge in [0.25, 0.3) is 5.91 Å². The summed E-state index contributed by atoms with van der Waals surface area (Å²) in [5.41, 5.74) is 6.76. The molecule has 1 fully saturated rings. The van der Waals surface area contributed by atoms with Gasteiger partial charge in [-0.15, -0.1) is 0 Å². The van der Waals surface area contributed by atoms with Crippen LogP contribution in [-0.2, 0) is 6.54 Å². The monoisotopic (exact) mass is 279 g/mol. The van der Waals surface area contributed by atoms with E-state index in [1.54, 1.807) is 10.9 Å². The fourth-order valence-corrected chi connectivity index (χ4v) is 2.88. The summed E-state index contributed by atoms with van der Waals surface area (Å²) in [6, 6.07) is 0.462. The normalized spacial score (nSPS) is 19.0. The van der Waals surface area contributed by atoms with Gasteiger partial charge in [0.2, 0.25) is 0 Å². The van der Waals surface area contributed by atoms with Gasteiger partial charge in [-0.1, -0.05) is 13.8 Å². The third kappa shape index (κ3) is 2.80. The molecule has 20 heavy (non-hydrogen) atoms. The van der Waals surface area contributed by atoms with Crippen LogP contribution in [0.25, 0.3) is 0 Å². The van der Waals surface area contributed by atoms with Gasteiger partial charge in [-0.2, -0.15) is 5.10 Å². The number of carbonyl (C=O) groups is 1. The molecule has 0 saturated carbocycles. The average molecular weight is 279 g/mol. The number of amides is 1. The lowest BCUT2D eigenvalue weighted by atomic mass is 10.2. The Morgan fingerprint density at radius 3 is 2.70 bits per heavy atom. The smallest absolute Gasteiger partial charge is 0.276 e. The van der Waals surface area contributed by atoms with Gasteiger partial charge >= 0.3 is 0 Å². The van der Waals surface area contributed by atoms with Crippen molar-refractivity contribution < 1.29 is 4.79 Å². The Morgan fingerprint density at radius 1 is 1.45 bits per heavy atom. The molecule has 1 saturated heterocycles. The highest BCUT2D eigenvalue weighted by Crippen LogP contribution is 2.19. The fourth-order valence-electron chi connectivity index (χ4n) is 2.88. The van der Waals surface area contributed by atoms with E-state index in [1.807, 2.05) is 11.8 Å². The molecule has 1 aliphatic heterocycles. The summed E-state index contributed by atoms with van der Waals surface area (Å²) < 4.78 is 1.71. The predicted octanol–water partition coefficient (Wildman–Crippen LogP) is 1.04. The van der Waals surface area contributed by atoms with Crippen LogP contribution in [0.3, 0.4) is 0 Å². The molecule has 0 spiro atoms. The number of rotatable bonds is 5. The van der Waals surface area contributed by atoms with E-state index in [1.165, 1.54) is 0 Å². The number of nitrogens with two attached hydrogens (primary N) is 1. The largest absolute Gasteiger partial charge is 0.396 e. The molecule has 2 heterocycles. The van der Waals surface area contributed by atoms with Crippen molar-refractivity contribution in [1.82, 2.24) is 19.6 Å². The second-order valence-electron chi connectivity index (χ2n) is 5.20. The zero-order valence-corrected chi connectivity index (χ0v) is 12.7. The first-order chi connectivity index (χ1) is 9.60. The number of hydrogen-bond donors (Lipinski definition) is 1. The van der Waals surface area contributed by atoms with Gasteiger partial charge in [0.1, 0.15) is 0 Å². The van der Waals surface area contributed by atoms with E-state index >= 15 is 0 Å². The van der Waals surface area contributed by atoms with Crippen LogP contribution in [0.2, 0.25) is 0 Å². The van der Waals surface area contributed by atoms with Crippen LogP contribution >= 0.6 is 0 Å². The molecule has 0 bridgehead atoms. The van der Waals surface area contributed by atoms with Gasteiger partial charge in [0.05, 0.1) is 5.69 Å². The Kier molecular flexibility index (Phi) is 4.65. The van der Waals surface area contributed by atoms with E-state index in [9.17, 15) is 4.79 Å². The van der Waals surface area contributed by atoms with Gasteiger partial charge in [-0.3, -0.25) is 14.4 Å². The molecule has 1 unspecified atom stereocenters. The van der Waals surface area contributed by atoms with E-state index in [0.29, 0.717) is 17.4 Å². The first-order valence-electron chi connectivity index (χ1n) is 7.46. The molecule has 0 radical (unpaired) electrons. The third-order valence-electron chi connectivity index (χ3n) is 4.10. The first-order valence-corrected chi connectivity index (χ1v) is 7.46. The zero-order chi connectivity index (χ0) is 14.7. The summed E-state index contributed by atoms with van der Waals surface area (Å²) in [5.74, 6) is -0.0376. The van der Waals surface area contributed by atoms with Crippen molar-refractivity contribution in [1.29, 1.82) is 0 Å². The van der Waals surface area contributed by atoms with Crippen LogP contribution in [0.15, 0.2) is 6.20 Å². The van der Waals surface area contributed by atoms with Crippen LogP contribution < -0.4 is 5.73 Å². The maximum absolute atomic E-state index is 12.5. The second kappa shape index (κ2) is 6.26. The van der Waals surface area contributed by atoms with Crippen molar-refractivity contribution in [2.24, 2.45) is 0 Å². The fraction of sp³-hybridized carbons (Fsp3) is 0.714. The number of nitrogens with zero attached hydrogens (tertiary/aromatic N) is 4. The molecule has 0 aromatic carbocycles. The minimum absolute atomic E-state index is 0.0376. The average Bonchev–Trinajstić information content (AvgIpc) is 3.06. The number of anilines is 1. The van der Waals surface area contributed by atoms with Crippen molar-refractivity contribution in [3.8, 4) is 0 Å². The van der Waals surface area contributed by atoms with Crippen LogP contribution in [0.1, 0.15) is 37.7 Å². The molecule has 1 atom stereocenters. The molecule has 1 aromatic heterocycles. The zero-order valence-electron chi connectivity index (χ0n) is 12.7. The summed E-state index contributed by atoms with van der Waals surface area (Å²) in [4.78, 5) is 16.8. The van der Waals surface area contributed by atoms with E-state index in [0.717, 1.165) is 39.1 Å². The molecule has 1 aliphatic rings. The minimum atomic E-state index is -0.0376. The number of likely N-dealkylation sites (tertiary alicyclic amines) is 1. The lowest BCUT2D eigenvalue weighted by Gasteiger charge is -2.25. The summed E-state index contributed by atoms with van der Waals surface area (Å²) in [6.45, 7) is 10.6. The predicted molar refractivity (Wildman–Crippen MR) is 79.5 cm³/mol. The van der Waals surface area contributed by atoms with Crippen molar-refractivity contribution in [2.45, 2.75) is 39.8 Å². The molecule has 2 rings (SSSR count). The van der Waals surface area contributed by atoms with E-state index in [2.05, 4.69) is 23.8 Å². The third-order valence-corrected chi connectivity index (χ3v) is 4.10. The number of likely N-dealkylation sites (N-methyl/N-ethyl adjacent to an activating group) is 1. The molecule has 0 aliphatic carbocycles. The van der Waals surface area contributed by atoms with Gasteiger partial charge in [-0.05, 0) is 26.4 Å². The highest BCUT2D eigenvalue weighted by atomic mass is 16.2. The summed E-state index contributed by atoms with van der Waals surface area (Å²) in [5, 5.41) is 4.27. The van der Waals surface area contributed by atoms with Crippen molar-refractivity contribution in [3.05, 3.63) is 11.9 Å². The van der Waals surface area contributed by atoms with E-state index < -0.39 is 0 Å². The standard InChI is InChI=1S/C14H25N5O/c1-4-17(5-2)11-7-8-18(9-11)14(20)13-12(15)10-19(6-3)16-13/h10-11H,4-9,15H2,1-3H3. The highest BCUT2D eigenvalue weighted by molar-refractivity contribution is 5.97.